The highest BCUT2D eigenvalue weighted by Gasteiger charge is 2.34. The highest BCUT2D eigenvalue weighted by molar-refractivity contribution is 8.00. The van der Waals surface area contributed by atoms with Crippen molar-refractivity contribution in [2.45, 2.75) is 12.3 Å². The summed E-state index contributed by atoms with van der Waals surface area (Å²) in [6, 6.07) is 24.8. The Balaban J connectivity index is 1.59. The van der Waals surface area contributed by atoms with Gasteiger partial charge in [0.25, 0.3) is 5.91 Å². The fourth-order valence-corrected chi connectivity index (χ4v) is 4.46. The molecule has 1 N–H and O–H groups in total. The molecule has 1 heterocycles. The lowest BCUT2D eigenvalue weighted by Gasteiger charge is -2.25. The Morgan fingerprint density at radius 3 is 2.57 bits per heavy atom. The molecule has 1 unspecified atom stereocenters. The number of rotatable bonds is 4. The van der Waals surface area contributed by atoms with Gasteiger partial charge in [-0.1, -0.05) is 42.5 Å². The minimum Gasteiger partial charge on any atom is -0.322 e. The molecule has 1 saturated heterocycles. The zero-order valence-corrected chi connectivity index (χ0v) is 16.3. The van der Waals surface area contributed by atoms with E-state index in [2.05, 4.69) is 5.32 Å². The summed E-state index contributed by atoms with van der Waals surface area (Å²) in [7, 11) is 0. The highest BCUT2D eigenvalue weighted by Crippen LogP contribution is 2.42. The summed E-state index contributed by atoms with van der Waals surface area (Å²) in [6.07, 6.45) is 0. The van der Waals surface area contributed by atoms with E-state index in [0.717, 1.165) is 22.5 Å². The lowest BCUT2D eigenvalue weighted by Crippen LogP contribution is -2.27. The summed E-state index contributed by atoms with van der Waals surface area (Å²) in [5.74, 6) is 0.391. The van der Waals surface area contributed by atoms with Gasteiger partial charge < -0.3 is 5.32 Å². The maximum Gasteiger partial charge on any atom is 0.255 e. The summed E-state index contributed by atoms with van der Waals surface area (Å²) in [4.78, 5) is 26.8. The van der Waals surface area contributed by atoms with Crippen LogP contribution in [0, 0.1) is 6.92 Å². The van der Waals surface area contributed by atoms with E-state index >= 15 is 0 Å². The summed E-state index contributed by atoms with van der Waals surface area (Å²) in [5, 5.41) is 2.84. The van der Waals surface area contributed by atoms with Crippen LogP contribution in [0.3, 0.4) is 0 Å². The normalized spacial score (nSPS) is 16.2. The van der Waals surface area contributed by atoms with E-state index in [0.29, 0.717) is 11.3 Å². The zero-order valence-electron chi connectivity index (χ0n) is 15.5. The number of hydrogen-bond acceptors (Lipinski definition) is 3. The van der Waals surface area contributed by atoms with Crippen molar-refractivity contribution >= 4 is 35.0 Å². The standard InChI is InChI=1S/C23H20N2O2S/c1-16-7-5-12-20(13-16)25-21(26)15-28-23(25)18-10-6-11-19(14-18)24-22(27)17-8-3-2-4-9-17/h2-14,23H,15H2,1H3,(H,24,27). The highest BCUT2D eigenvalue weighted by atomic mass is 32.2. The fraction of sp³-hybridized carbons (Fsp3) is 0.130. The predicted molar refractivity (Wildman–Crippen MR) is 115 cm³/mol. The van der Waals surface area contributed by atoms with Gasteiger partial charge in [0.2, 0.25) is 5.91 Å². The minimum absolute atomic E-state index is 0.0966. The molecule has 3 aromatic carbocycles. The van der Waals surface area contributed by atoms with Crippen molar-refractivity contribution in [3.63, 3.8) is 0 Å². The molecule has 28 heavy (non-hydrogen) atoms. The summed E-state index contributed by atoms with van der Waals surface area (Å²) in [6.45, 7) is 2.02. The third-order valence-electron chi connectivity index (χ3n) is 4.61. The van der Waals surface area contributed by atoms with Gasteiger partial charge in [-0.25, -0.2) is 0 Å². The molecule has 1 aliphatic rings. The largest absolute Gasteiger partial charge is 0.322 e. The molecule has 0 aliphatic carbocycles. The number of anilines is 2. The Bertz CT molecular complexity index is 1020. The van der Waals surface area contributed by atoms with Crippen LogP contribution in [0.4, 0.5) is 11.4 Å². The van der Waals surface area contributed by atoms with Gasteiger partial charge in [0.15, 0.2) is 0 Å². The first-order chi connectivity index (χ1) is 13.6. The van der Waals surface area contributed by atoms with E-state index < -0.39 is 0 Å². The second kappa shape index (κ2) is 7.90. The van der Waals surface area contributed by atoms with Gasteiger partial charge in [0, 0.05) is 16.9 Å². The van der Waals surface area contributed by atoms with Crippen molar-refractivity contribution in [1.29, 1.82) is 0 Å². The average molecular weight is 388 g/mol. The smallest absolute Gasteiger partial charge is 0.255 e. The molecule has 1 aliphatic heterocycles. The molecule has 5 heteroatoms. The maximum absolute atomic E-state index is 12.6. The molecule has 0 bridgehead atoms. The monoisotopic (exact) mass is 388 g/mol. The number of amides is 2. The van der Waals surface area contributed by atoms with Crippen LogP contribution in [0.1, 0.15) is 26.9 Å². The van der Waals surface area contributed by atoms with E-state index in [1.165, 1.54) is 0 Å². The molecule has 2 amide bonds. The molecule has 4 nitrogen and oxygen atoms in total. The molecular formula is C23H20N2O2S. The molecule has 140 valence electrons. The molecule has 0 radical (unpaired) electrons. The zero-order chi connectivity index (χ0) is 19.5. The second-order valence-electron chi connectivity index (χ2n) is 6.71. The van der Waals surface area contributed by atoms with Crippen LogP contribution in [-0.2, 0) is 4.79 Å². The van der Waals surface area contributed by atoms with Crippen LogP contribution < -0.4 is 10.2 Å². The van der Waals surface area contributed by atoms with E-state index in [1.807, 2.05) is 78.6 Å². The van der Waals surface area contributed by atoms with Crippen LogP contribution in [0.25, 0.3) is 0 Å². The van der Waals surface area contributed by atoms with Crippen molar-refractivity contribution < 1.29 is 9.59 Å². The number of nitrogens with zero attached hydrogens (tertiary/aromatic N) is 1. The Kier molecular flexibility index (Phi) is 5.17. The van der Waals surface area contributed by atoms with E-state index in [9.17, 15) is 9.59 Å². The Morgan fingerprint density at radius 2 is 1.79 bits per heavy atom. The Hall–Kier alpha value is -3.05. The number of carbonyl (C=O) groups is 2. The van der Waals surface area contributed by atoms with Gasteiger partial charge in [-0.3, -0.25) is 14.5 Å². The van der Waals surface area contributed by atoms with Gasteiger partial charge in [-0.05, 0) is 54.4 Å². The van der Waals surface area contributed by atoms with Crippen molar-refractivity contribution in [2.75, 3.05) is 16.0 Å². The number of carbonyl (C=O) groups excluding carboxylic acids is 2. The quantitative estimate of drug-likeness (QED) is 0.682. The lowest BCUT2D eigenvalue weighted by atomic mass is 10.1. The van der Waals surface area contributed by atoms with Gasteiger partial charge in [0.05, 0.1) is 5.75 Å². The molecule has 3 aromatic rings. The lowest BCUT2D eigenvalue weighted by molar-refractivity contribution is -0.115. The molecule has 1 atom stereocenters. The maximum atomic E-state index is 12.6. The summed E-state index contributed by atoms with van der Waals surface area (Å²) >= 11 is 1.60. The molecule has 0 spiro atoms. The third kappa shape index (κ3) is 3.80. The Morgan fingerprint density at radius 1 is 1.00 bits per heavy atom. The van der Waals surface area contributed by atoms with Crippen molar-refractivity contribution in [2.24, 2.45) is 0 Å². The van der Waals surface area contributed by atoms with E-state index in [4.69, 9.17) is 0 Å². The van der Waals surface area contributed by atoms with E-state index in [-0.39, 0.29) is 17.2 Å². The van der Waals surface area contributed by atoms with Gasteiger partial charge in [-0.2, -0.15) is 0 Å². The van der Waals surface area contributed by atoms with Crippen molar-refractivity contribution in [3.05, 3.63) is 95.6 Å². The third-order valence-corrected chi connectivity index (χ3v) is 5.83. The van der Waals surface area contributed by atoms with Gasteiger partial charge in [-0.15, -0.1) is 11.8 Å². The van der Waals surface area contributed by atoms with Gasteiger partial charge in [0.1, 0.15) is 5.37 Å². The summed E-state index contributed by atoms with van der Waals surface area (Å²) < 4.78 is 0. The van der Waals surface area contributed by atoms with Crippen molar-refractivity contribution in [3.8, 4) is 0 Å². The van der Waals surface area contributed by atoms with Crippen LogP contribution >= 0.6 is 11.8 Å². The first-order valence-corrected chi connectivity index (χ1v) is 10.1. The number of benzene rings is 3. The van der Waals surface area contributed by atoms with Crippen LogP contribution in [0.5, 0.6) is 0 Å². The van der Waals surface area contributed by atoms with Crippen molar-refractivity contribution in [1.82, 2.24) is 0 Å². The Labute approximate surface area is 168 Å². The minimum atomic E-state index is -0.150. The van der Waals surface area contributed by atoms with Gasteiger partial charge >= 0.3 is 0 Å². The number of aryl methyl sites for hydroxylation is 1. The SMILES string of the molecule is Cc1cccc(N2C(=O)CSC2c2cccc(NC(=O)c3ccccc3)c2)c1. The molecular weight excluding hydrogens is 368 g/mol. The molecule has 4 rings (SSSR count). The molecule has 0 aromatic heterocycles. The molecule has 1 fully saturated rings. The second-order valence-corrected chi connectivity index (χ2v) is 7.78. The predicted octanol–water partition coefficient (Wildman–Crippen LogP) is 5.03. The number of thioether (sulfide) groups is 1. The summed E-state index contributed by atoms with van der Waals surface area (Å²) in [5.41, 5.74) is 4.34. The molecule has 0 saturated carbocycles. The average Bonchev–Trinajstić information content (AvgIpc) is 3.10. The first-order valence-electron chi connectivity index (χ1n) is 9.08. The fourth-order valence-electron chi connectivity index (χ4n) is 3.29. The van der Waals surface area contributed by atoms with E-state index in [1.54, 1.807) is 23.9 Å². The topological polar surface area (TPSA) is 49.4 Å². The first kappa shape index (κ1) is 18.3. The van der Waals surface area contributed by atoms with Crippen LogP contribution in [-0.4, -0.2) is 17.6 Å². The number of hydrogen-bond donors (Lipinski definition) is 1. The number of nitrogens with one attached hydrogen (secondary N) is 1. The van der Waals surface area contributed by atoms with Crippen LogP contribution in [0.15, 0.2) is 78.9 Å². The van der Waals surface area contributed by atoms with Crippen LogP contribution in [0.2, 0.25) is 0 Å².